The SMILES string of the molecule is Cc1cc(=O)c(C(=O)O)cn1CCS(=O)(=O)C(C)(C)C. The fourth-order valence-electron chi connectivity index (χ4n) is 1.60. The van der Waals surface area contributed by atoms with Crippen LogP contribution in [0.4, 0.5) is 0 Å². The molecule has 7 heteroatoms. The zero-order valence-electron chi connectivity index (χ0n) is 12.0. The van der Waals surface area contributed by atoms with Crippen LogP contribution in [0.1, 0.15) is 36.8 Å². The van der Waals surface area contributed by atoms with Crippen LogP contribution in [-0.2, 0) is 16.4 Å². The van der Waals surface area contributed by atoms with E-state index in [1.54, 1.807) is 27.7 Å². The zero-order valence-corrected chi connectivity index (χ0v) is 12.8. The molecule has 1 N–H and O–H groups in total. The van der Waals surface area contributed by atoms with Crippen LogP contribution in [0, 0.1) is 6.92 Å². The quantitative estimate of drug-likeness (QED) is 0.897. The topological polar surface area (TPSA) is 93.4 Å². The Kier molecular flexibility index (Phi) is 4.43. The van der Waals surface area contributed by atoms with Crippen LogP contribution in [0.25, 0.3) is 0 Å². The first-order valence-electron chi connectivity index (χ1n) is 6.12. The first-order chi connectivity index (χ1) is 8.95. The van der Waals surface area contributed by atoms with Crippen LogP contribution in [0.15, 0.2) is 17.1 Å². The molecule has 0 radical (unpaired) electrons. The third kappa shape index (κ3) is 3.47. The number of hydrogen-bond donors (Lipinski definition) is 1. The normalized spacial score (nSPS) is 12.4. The molecular weight excluding hydrogens is 282 g/mol. The van der Waals surface area contributed by atoms with Crippen molar-refractivity contribution in [3.05, 3.63) is 33.7 Å². The summed E-state index contributed by atoms with van der Waals surface area (Å²) >= 11 is 0. The van der Waals surface area contributed by atoms with Gasteiger partial charge in [0.15, 0.2) is 15.3 Å². The molecule has 0 spiro atoms. The van der Waals surface area contributed by atoms with Crippen molar-refractivity contribution >= 4 is 15.8 Å². The molecule has 0 amide bonds. The van der Waals surface area contributed by atoms with Crippen molar-refractivity contribution in [2.24, 2.45) is 0 Å². The molecule has 0 aliphatic carbocycles. The van der Waals surface area contributed by atoms with Crippen LogP contribution in [0.5, 0.6) is 0 Å². The number of pyridine rings is 1. The second kappa shape index (κ2) is 5.40. The van der Waals surface area contributed by atoms with Gasteiger partial charge in [-0.3, -0.25) is 4.79 Å². The smallest absolute Gasteiger partial charge is 0.341 e. The van der Waals surface area contributed by atoms with Crippen LogP contribution in [-0.4, -0.2) is 34.6 Å². The monoisotopic (exact) mass is 301 g/mol. The van der Waals surface area contributed by atoms with E-state index in [2.05, 4.69) is 0 Å². The molecule has 0 bridgehead atoms. The minimum Gasteiger partial charge on any atom is -0.477 e. The van der Waals surface area contributed by atoms with Gasteiger partial charge in [-0.2, -0.15) is 0 Å². The molecule has 0 saturated carbocycles. The number of carboxylic acids is 1. The molecule has 0 saturated heterocycles. The summed E-state index contributed by atoms with van der Waals surface area (Å²) in [6.45, 7) is 6.60. The molecule has 1 rings (SSSR count). The number of aromatic nitrogens is 1. The van der Waals surface area contributed by atoms with Crippen molar-refractivity contribution in [3.8, 4) is 0 Å². The molecule has 6 nitrogen and oxygen atoms in total. The molecule has 0 atom stereocenters. The number of carboxylic acid groups (broad SMARTS) is 1. The fraction of sp³-hybridized carbons (Fsp3) is 0.538. The summed E-state index contributed by atoms with van der Waals surface area (Å²) in [5.41, 5.74) is -0.405. The molecule has 0 fully saturated rings. The van der Waals surface area contributed by atoms with E-state index in [0.29, 0.717) is 5.69 Å². The highest BCUT2D eigenvalue weighted by atomic mass is 32.2. The Morgan fingerprint density at radius 1 is 1.35 bits per heavy atom. The predicted octanol–water partition coefficient (Wildman–Crippen LogP) is 1.07. The van der Waals surface area contributed by atoms with E-state index in [0.717, 1.165) is 0 Å². The predicted molar refractivity (Wildman–Crippen MR) is 75.9 cm³/mol. The Bertz CT molecular complexity index is 680. The van der Waals surface area contributed by atoms with Gasteiger partial charge in [0.2, 0.25) is 0 Å². The summed E-state index contributed by atoms with van der Waals surface area (Å²) in [5, 5.41) is 8.91. The third-order valence-corrected chi connectivity index (χ3v) is 5.69. The summed E-state index contributed by atoms with van der Waals surface area (Å²) in [6, 6.07) is 1.20. The fourth-order valence-corrected chi connectivity index (χ4v) is 2.65. The van der Waals surface area contributed by atoms with Crippen molar-refractivity contribution < 1.29 is 18.3 Å². The van der Waals surface area contributed by atoms with Crippen LogP contribution < -0.4 is 5.43 Å². The lowest BCUT2D eigenvalue weighted by molar-refractivity contribution is 0.0694. The molecule has 20 heavy (non-hydrogen) atoms. The van der Waals surface area contributed by atoms with E-state index < -0.39 is 26.0 Å². The Hall–Kier alpha value is -1.63. The highest BCUT2D eigenvalue weighted by Gasteiger charge is 2.28. The lowest BCUT2D eigenvalue weighted by Gasteiger charge is -2.20. The van der Waals surface area contributed by atoms with Crippen molar-refractivity contribution in [1.29, 1.82) is 0 Å². The van der Waals surface area contributed by atoms with Crippen LogP contribution >= 0.6 is 0 Å². The van der Waals surface area contributed by atoms with Gasteiger partial charge >= 0.3 is 5.97 Å². The summed E-state index contributed by atoms with van der Waals surface area (Å²) in [4.78, 5) is 22.4. The van der Waals surface area contributed by atoms with E-state index in [1.807, 2.05) is 0 Å². The molecule has 112 valence electrons. The van der Waals surface area contributed by atoms with Crippen LogP contribution in [0.3, 0.4) is 0 Å². The number of carbonyl (C=O) groups is 1. The highest BCUT2D eigenvalue weighted by Crippen LogP contribution is 2.16. The van der Waals surface area contributed by atoms with E-state index in [1.165, 1.54) is 16.8 Å². The maximum atomic E-state index is 12.0. The second-order valence-corrected chi connectivity index (χ2v) is 8.49. The molecule has 0 aromatic carbocycles. The standard InChI is InChI=1S/C13H19NO5S/c1-9-7-11(15)10(12(16)17)8-14(9)5-6-20(18,19)13(2,3)4/h7-8H,5-6H2,1-4H3,(H,16,17). The molecule has 0 unspecified atom stereocenters. The Labute approximate surface area is 118 Å². The first-order valence-corrected chi connectivity index (χ1v) is 7.77. The Morgan fingerprint density at radius 3 is 2.35 bits per heavy atom. The number of aromatic carboxylic acids is 1. The van der Waals surface area contributed by atoms with Crippen molar-refractivity contribution in [2.75, 3.05) is 5.75 Å². The largest absolute Gasteiger partial charge is 0.477 e. The van der Waals surface area contributed by atoms with E-state index >= 15 is 0 Å². The van der Waals surface area contributed by atoms with Gasteiger partial charge in [0.1, 0.15) is 5.56 Å². The lowest BCUT2D eigenvalue weighted by Crippen LogP contribution is -2.32. The summed E-state index contributed by atoms with van der Waals surface area (Å²) in [7, 11) is -3.30. The van der Waals surface area contributed by atoms with E-state index in [-0.39, 0.29) is 17.9 Å². The van der Waals surface area contributed by atoms with Gasteiger partial charge in [0, 0.05) is 24.5 Å². The minimum atomic E-state index is -3.30. The number of sulfone groups is 1. The number of aryl methyl sites for hydroxylation is 2. The number of rotatable bonds is 4. The molecule has 0 aliphatic heterocycles. The average Bonchev–Trinajstić information content (AvgIpc) is 2.25. The lowest BCUT2D eigenvalue weighted by atomic mass is 10.2. The maximum Gasteiger partial charge on any atom is 0.341 e. The summed E-state index contributed by atoms with van der Waals surface area (Å²) in [6.07, 6.45) is 1.19. The van der Waals surface area contributed by atoms with Crippen molar-refractivity contribution in [1.82, 2.24) is 4.57 Å². The molecule has 0 aliphatic rings. The van der Waals surface area contributed by atoms with Gasteiger partial charge in [-0.05, 0) is 27.7 Å². The summed E-state index contributed by atoms with van der Waals surface area (Å²) < 4.78 is 24.7. The molecular formula is C13H19NO5S. The summed E-state index contributed by atoms with van der Waals surface area (Å²) in [5.74, 6) is -1.43. The van der Waals surface area contributed by atoms with E-state index in [4.69, 9.17) is 5.11 Å². The first kappa shape index (κ1) is 16.4. The van der Waals surface area contributed by atoms with Gasteiger partial charge in [0.05, 0.1) is 10.5 Å². The molecule has 1 heterocycles. The van der Waals surface area contributed by atoms with Crippen molar-refractivity contribution in [3.63, 3.8) is 0 Å². The van der Waals surface area contributed by atoms with Gasteiger partial charge in [-0.15, -0.1) is 0 Å². The van der Waals surface area contributed by atoms with Gasteiger partial charge in [-0.1, -0.05) is 0 Å². The third-order valence-electron chi connectivity index (χ3n) is 3.11. The average molecular weight is 301 g/mol. The number of nitrogens with zero attached hydrogens (tertiary/aromatic N) is 1. The van der Waals surface area contributed by atoms with Gasteiger partial charge < -0.3 is 9.67 Å². The Morgan fingerprint density at radius 2 is 1.90 bits per heavy atom. The minimum absolute atomic E-state index is 0.112. The highest BCUT2D eigenvalue weighted by molar-refractivity contribution is 7.92. The van der Waals surface area contributed by atoms with Crippen LogP contribution in [0.2, 0.25) is 0 Å². The Balaban J connectivity index is 3.09. The molecule has 1 aromatic heterocycles. The zero-order chi connectivity index (χ0) is 15.7. The molecule has 1 aromatic rings. The second-order valence-electron chi connectivity index (χ2n) is 5.62. The van der Waals surface area contributed by atoms with E-state index in [9.17, 15) is 18.0 Å². The van der Waals surface area contributed by atoms with Gasteiger partial charge in [-0.25, -0.2) is 13.2 Å². The van der Waals surface area contributed by atoms with Crippen molar-refractivity contribution in [2.45, 2.75) is 39.0 Å². The number of hydrogen-bond acceptors (Lipinski definition) is 4. The maximum absolute atomic E-state index is 12.0. The van der Waals surface area contributed by atoms with Gasteiger partial charge in [0.25, 0.3) is 0 Å².